The predicted molar refractivity (Wildman–Crippen MR) is 45.8 cm³/mol. The first kappa shape index (κ1) is 16.1. The standard InChI is InChI=1S/C8H19O3P.Fe/c1-3-5-6-8(4-2)7-12(9,10)11;/h8H,3-7H2,1-2H3,(H2,9,10,11);/q;+2/p-2. The summed E-state index contributed by atoms with van der Waals surface area (Å²) in [7, 11) is -4.28. The molecule has 0 spiro atoms. The quantitative estimate of drug-likeness (QED) is 0.522. The van der Waals surface area contributed by atoms with Crippen LogP contribution in [0.1, 0.15) is 39.5 Å². The average molecular weight is 248 g/mol. The normalized spacial score (nSPS) is 13.5. The molecule has 0 aromatic carbocycles. The van der Waals surface area contributed by atoms with E-state index in [1.165, 1.54) is 0 Å². The molecule has 1 unspecified atom stereocenters. The Morgan fingerprint density at radius 2 is 1.85 bits per heavy atom. The van der Waals surface area contributed by atoms with Gasteiger partial charge < -0.3 is 14.4 Å². The van der Waals surface area contributed by atoms with Gasteiger partial charge in [0, 0.05) is 0 Å². The summed E-state index contributed by atoms with van der Waals surface area (Å²) in [5.74, 6) is 0.0748. The summed E-state index contributed by atoms with van der Waals surface area (Å²) in [6, 6.07) is 0. The Kier molecular flexibility index (Phi) is 9.94. The van der Waals surface area contributed by atoms with E-state index < -0.39 is 7.60 Å². The summed E-state index contributed by atoms with van der Waals surface area (Å²) in [4.78, 5) is 20.9. The van der Waals surface area contributed by atoms with Gasteiger partial charge >= 0.3 is 17.1 Å². The van der Waals surface area contributed by atoms with Crippen LogP contribution in [0.2, 0.25) is 0 Å². The third kappa shape index (κ3) is 10.6. The van der Waals surface area contributed by atoms with Crippen LogP contribution in [0.3, 0.4) is 0 Å². The Balaban J connectivity index is 0. The number of hydrogen-bond donors (Lipinski definition) is 0. The van der Waals surface area contributed by atoms with Gasteiger partial charge in [0.15, 0.2) is 0 Å². The van der Waals surface area contributed by atoms with E-state index in [4.69, 9.17) is 0 Å². The van der Waals surface area contributed by atoms with Gasteiger partial charge in [-0.3, -0.25) is 0 Å². The molecular weight excluding hydrogens is 231 g/mol. The maximum Gasteiger partial charge on any atom is 2.00 e. The second kappa shape index (κ2) is 8.02. The van der Waals surface area contributed by atoms with Gasteiger partial charge in [-0.05, 0) is 12.1 Å². The Bertz CT molecular complexity index is 157. The summed E-state index contributed by atoms with van der Waals surface area (Å²) in [5, 5.41) is 0. The van der Waals surface area contributed by atoms with Crippen LogP contribution in [0.5, 0.6) is 0 Å². The molecule has 0 aromatic heterocycles. The maximum atomic E-state index is 10.4. The molecule has 0 saturated carbocycles. The summed E-state index contributed by atoms with van der Waals surface area (Å²) < 4.78 is 10.4. The predicted octanol–water partition coefficient (Wildman–Crippen LogP) is 1.11. The van der Waals surface area contributed by atoms with Gasteiger partial charge in [-0.1, -0.05) is 47.1 Å². The molecule has 0 aliphatic heterocycles. The van der Waals surface area contributed by atoms with E-state index in [-0.39, 0.29) is 29.1 Å². The molecule has 0 heterocycles. The van der Waals surface area contributed by atoms with Crippen molar-refractivity contribution in [3.05, 3.63) is 0 Å². The monoisotopic (exact) mass is 248 g/mol. The summed E-state index contributed by atoms with van der Waals surface area (Å²) in [6.07, 6.45) is 3.55. The first-order valence-corrected chi connectivity index (χ1v) is 6.23. The molecule has 0 rings (SSSR count). The third-order valence-corrected chi connectivity index (χ3v) is 2.99. The zero-order chi connectivity index (χ0) is 9.61. The molecule has 0 aliphatic rings. The van der Waals surface area contributed by atoms with Crippen LogP contribution in [0.25, 0.3) is 0 Å². The Labute approximate surface area is 90.9 Å². The first-order chi connectivity index (χ1) is 5.49. The Morgan fingerprint density at radius 1 is 1.31 bits per heavy atom. The smallest absolute Gasteiger partial charge is 0.811 e. The molecule has 0 radical (unpaired) electrons. The minimum Gasteiger partial charge on any atom is -0.811 e. The third-order valence-electron chi connectivity index (χ3n) is 2.03. The molecule has 0 N–H and O–H groups in total. The van der Waals surface area contributed by atoms with Crippen LogP contribution >= 0.6 is 7.60 Å². The van der Waals surface area contributed by atoms with Crippen molar-refractivity contribution in [1.82, 2.24) is 0 Å². The van der Waals surface area contributed by atoms with Crippen LogP contribution in [-0.4, -0.2) is 6.16 Å². The Hall–Kier alpha value is 0.669. The zero-order valence-electron chi connectivity index (χ0n) is 8.14. The van der Waals surface area contributed by atoms with Gasteiger partial charge in [0.1, 0.15) is 0 Å². The summed E-state index contributed by atoms with van der Waals surface area (Å²) in [5.41, 5.74) is 0. The van der Waals surface area contributed by atoms with E-state index in [2.05, 4.69) is 6.92 Å². The second-order valence-corrected chi connectivity index (χ2v) is 4.80. The average Bonchev–Trinajstić information content (AvgIpc) is 1.95. The number of rotatable bonds is 6. The van der Waals surface area contributed by atoms with Gasteiger partial charge in [0.25, 0.3) is 0 Å². The molecule has 0 saturated heterocycles. The maximum absolute atomic E-state index is 10.4. The van der Waals surface area contributed by atoms with Crippen molar-refractivity contribution < 1.29 is 31.4 Å². The SMILES string of the molecule is CCCCC(CC)CP(=O)([O-])[O-].[Fe+2]. The molecule has 0 fully saturated rings. The minimum absolute atomic E-state index is 0. The van der Waals surface area contributed by atoms with E-state index in [0.717, 1.165) is 25.7 Å². The molecule has 0 amide bonds. The minimum atomic E-state index is -4.28. The summed E-state index contributed by atoms with van der Waals surface area (Å²) in [6.45, 7) is 3.98. The van der Waals surface area contributed by atoms with Crippen molar-refractivity contribution in [2.24, 2.45) is 5.92 Å². The van der Waals surface area contributed by atoms with Crippen molar-refractivity contribution in [2.75, 3.05) is 6.16 Å². The zero-order valence-corrected chi connectivity index (χ0v) is 10.1. The first-order valence-electron chi connectivity index (χ1n) is 4.50. The number of unbranched alkanes of at least 4 members (excludes halogenated alkanes) is 1. The fourth-order valence-corrected chi connectivity index (χ4v) is 2.31. The van der Waals surface area contributed by atoms with E-state index in [0.29, 0.717) is 0 Å². The van der Waals surface area contributed by atoms with Gasteiger partial charge in [-0.2, -0.15) is 0 Å². The van der Waals surface area contributed by atoms with Crippen LogP contribution in [0, 0.1) is 5.92 Å². The summed E-state index contributed by atoms with van der Waals surface area (Å²) >= 11 is 0. The second-order valence-electron chi connectivity index (χ2n) is 3.21. The molecule has 1 atom stereocenters. The van der Waals surface area contributed by atoms with Gasteiger partial charge in [-0.25, -0.2) is 0 Å². The Morgan fingerprint density at radius 3 is 2.15 bits per heavy atom. The number of hydrogen-bond acceptors (Lipinski definition) is 3. The van der Waals surface area contributed by atoms with Crippen LogP contribution in [-0.2, 0) is 21.6 Å². The molecule has 3 nitrogen and oxygen atoms in total. The topological polar surface area (TPSA) is 63.2 Å². The molecule has 0 aromatic rings. The molecule has 0 bridgehead atoms. The largest absolute Gasteiger partial charge is 2.00 e. The fourth-order valence-electron chi connectivity index (χ4n) is 1.23. The molecule has 80 valence electrons. The molecule has 5 heteroatoms. The van der Waals surface area contributed by atoms with Gasteiger partial charge in [-0.15, -0.1) is 0 Å². The fraction of sp³-hybridized carbons (Fsp3) is 1.00. The molecule has 0 aliphatic carbocycles. The van der Waals surface area contributed by atoms with Crippen molar-refractivity contribution in [1.29, 1.82) is 0 Å². The van der Waals surface area contributed by atoms with Crippen LogP contribution < -0.4 is 9.79 Å². The van der Waals surface area contributed by atoms with Crippen LogP contribution in [0.4, 0.5) is 0 Å². The van der Waals surface area contributed by atoms with E-state index in [1.54, 1.807) is 0 Å². The van der Waals surface area contributed by atoms with Crippen molar-refractivity contribution in [2.45, 2.75) is 39.5 Å². The van der Waals surface area contributed by atoms with Gasteiger partial charge in [0.05, 0.1) is 0 Å². The van der Waals surface area contributed by atoms with Crippen molar-refractivity contribution in [3.63, 3.8) is 0 Å². The molecular formula is C8H17FeO3P. The van der Waals surface area contributed by atoms with E-state index in [1.807, 2.05) is 6.92 Å². The van der Waals surface area contributed by atoms with Gasteiger partial charge in [0.2, 0.25) is 0 Å². The molecule has 13 heavy (non-hydrogen) atoms. The van der Waals surface area contributed by atoms with Crippen molar-refractivity contribution in [3.8, 4) is 0 Å². The van der Waals surface area contributed by atoms with Crippen molar-refractivity contribution >= 4 is 7.60 Å². The van der Waals surface area contributed by atoms with E-state index >= 15 is 0 Å². The van der Waals surface area contributed by atoms with E-state index in [9.17, 15) is 14.4 Å². The van der Waals surface area contributed by atoms with Crippen LogP contribution in [0.15, 0.2) is 0 Å².